The molecule has 0 unspecified atom stereocenters. The predicted octanol–water partition coefficient (Wildman–Crippen LogP) is 2.91. The van der Waals surface area contributed by atoms with Gasteiger partial charge in [-0.25, -0.2) is 4.98 Å². The van der Waals surface area contributed by atoms with Crippen molar-refractivity contribution in [1.29, 1.82) is 0 Å². The van der Waals surface area contributed by atoms with Gasteiger partial charge in [-0.3, -0.25) is 4.79 Å². The molecule has 1 aliphatic heterocycles. The molecular formula is C20H26N4O2. The van der Waals surface area contributed by atoms with Gasteiger partial charge < -0.3 is 20.3 Å². The minimum absolute atomic E-state index is 0.0263. The Morgan fingerprint density at radius 2 is 2.00 bits per heavy atom. The summed E-state index contributed by atoms with van der Waals surface area (Å²) in [4.78, 5) is 19.3. The highest BCUT2D eigenvalue weighted by Gasteiger charge is 2.25. The van der Waals surface area contributed by atoms with Crippen LogP contribution in [0.25, 0.3) is 0 Å². The molecule has 138 valence electrons. The molecule has 0 atom stereocenters. The summed E-state index contributed by atoms with van der Waals surface area (Å²) in [5.41, 5.74) is 1.38. The standard InChI is InChI=1S/C20H26N4O2/c1-21-14-15-9-12-24(13-10-15)20(25)16-6-5-11-22-19(16)23-17-7-3-4-8-18(17)26-2/h3-8,11,15,21H,9-10,12-14H2,1-2H3,(H,22,23). The second kappa shape index (κ2) is 8.67. The Morgan fingerprint density at radius 3 is 2.73 bits per heavy atom. The Labute approximate surface area is 154 Å². The van der Waals surface area contributed by atoms with Gasteiger partial charge in [0.1, 0.15) is 11.6 Å². The van der Waals surface area contributed by atoms with Crippen LogP contribution in [0.1, 0.15) is 23.2 Å². The lowest BCUT2D eigenvalue weighted by molar-refractivity contribution is 0.0691. The van der Waals surface area contributed by atoms with Crippen molar-refractivity contribution in [2.75, 3.05) is 39.1 Å². The van der Waals surface area contributed by atoms with Gasteiger partial charge in [0.15, 0.2) is 0 Å². The number of piperidine rings is 1. The molecule has 1 aromatic carbocycles. The molecule has 6 nitrogen and oxygen atoms in total. The first kappa shape index (κ1) is 18.2. The first-order valence-corrected chi connectivity index (χ1v) is 9.02. The number of ether oxygens (including phenoxy) is 1. The van der Waals surface area contributed by atoms with Gasteiger partial charge in [0.2, 0.25) is 0 Å². The summed E-state index contributed by atoms with van der Waals surface area (Å²) in [6.45, 7) is 2.58. The summed E-state index contributed by atoms with van der Waals surface area (Å²) < 4.78 is 5.38. The maximum Gasteiger partial charge on any atom is 0.257 e. The Hall–Kier alpha value is -2.60. The van der Waals surface area contributed by atoms with Gasteiger partial charge in [0.25, 0.3) is 5.91 Å². The van der Waals surface area contributed by atoms with Crippen LogP contribution in [0.3, 0.4) is 0 Å². The molecule has 2 N–H and O–H groups in total. The summed E-state index contributed by atoms with van der Waals surface area (Å²) in [6.07, 6.45) is 3.75. The molecule has 26 heavy (non-hydrogen) atoms. The number of amides is 1. The van der Waals surface area contributed by atoms with Crippen LogP contribution in [-0.2, 0) is 0 Å². The van der Waals surface area contributed by atoms with Crippen molar-refractivity contribution < 1.29 is 9.53 Å². The number of carbonyl (C=O) groups is 1. The molecule has 1 aromatic heterocycles. The summed E-state index contributed by atoms with van der Waals surface area (Å²) in [5.74, 6) is 1.94. The molecule has 0 radical (unpaired) electrons. The van der Waals surface area contributed by atoms with E-state index in [1.54, 1.807) is 19.4 Å². The SMILES string of the molecule is CNCC1CCN(C(=O)c2cccnc2Nc2ccccc2OC)CC1. The van der Waals surface area contributed by atoms with Crippen molar-refractivity contribution in [2.24, 2.45) is 5.92 Å². The van der Waals surface area contributed by atoms with E-state index in [0.29, 0.717) is 23.0 Å². The Morgan fingerprint density at radius 1 is 1.23 bits per heavy atom. The number of nitrogens with zero attached hydrogens (tertiary/aromatic N) is 2. The highest BCUT2D eigenvalue weighted by molar-refractivity contribution is 5.99. The van der Waals surface area contributed by atoms with Crippen molar-refractivity contribution in [1.82, 2.24) is 15.2 Å². The topological polar surface area (TPSA) is 66.5 Å². The number of benzene rings is 1. The van der Waals surface area contributed by atoms with Crippen LogP contribution in [0, 0.1) is 5.92 Å². The van der Waals surface area contributed by atoms with Crippen molar-refractivity contribution in [3.05, 3.63) is 48.2 Å². The summed E-state index contributed by atoms with van der Waals surface area (Å²) in [6, 6.07) is 11.2. The summed E-state index contributed by atoms with van der Waals surface area (Å²) in [5, 5.41) is 6.47. The van der Waals surface area contributed by atoms with Crippen molar-refractivity contribution in [3.8, 4) is 5.75 Å². The lowest BCUT2D eigenvalue weighted by Crippen LogP contribution is -2.40. The van der Waals surface area contributed by atoms with Crippen molar-refractivity contribution >= 4 is 17.4 Å². The second-order valence-corrected chi connectivity index (χ2v) is 6.52. The Kier molecular flexibility index (Phi) is 6.07. The number of hydrogen-bond acceptors (Lipinski definition) is 5. The third kappa shape index (κ3) is 4.14. The minimum Gasteiger partial charge on any atom is -0.495 e. The van der Waals surface area contributed by atoms with Crippen LogP contribution < -0.4 is 15.4 Å². The predicted molar refractivity (Wildman–Crippen MR) is 103 cm³/mol. The average Bonchev–Trinajstić information content (AvgIpc) is 2.69. The van der Waals surface area contributed by atoms with Crippen LogP contribution >= 0.6 is 0 Å². The number of methoxy groups -OCH3 is 1. The van der Waals surface area contributed by atoms with Gasteiger partial charge in [0.05, 0.1) is 18.4 Å². The number of pyridine rings is 1. The minimum atomic E-state index is 0.0263. The first-order chi connectivity index (χ1) is 12.7. The van der Waals surface area contributed by atoms with E-state index >= 15 is 0 Å². The molecule has 1 amide bonds. The van der Waals surface area contributed by atoms with Crippen LogP contribution in [0.5, 0.6) is 5.75 Å². The van der Waals surface area contributed by atoms with E-state index in [2.05, 4.69) is 15.6 Å². The maximum absolute atomic E-state index is 13.0. The number of anilines is 2. The van der Waals surface area contributed by atoms with Crippen LogP contribution in [0.2, 0.25) is 0 Å². The second-order valence-electron chi connectivity index (χ2n) is 6.52. The molecule has 0 bridgehead atoms. The van der Waals surface area contributed by atoms with E-state index < -0.39 is 0 Å². The Balaban J connectivity index is 1.76. The van der Waals surface area contributed by atoms with E-state index in [0.717, 1.165) is 38.2 Å². The molecule has 6 heteroatoms. The summed E-state index contributed by atoms with van der Waals surface area (Å²) >= 11 is 0. The third-order valence-corrected chi connectivity index (χ3v) is 4.79. The molecule has 2 heterocycles. The number of nitrogens with one attached hydrogen (secondary N) is 2. The highest BCUT2D eigenvalue weighted by atomic mass is 16.5. The van der Waals surface area contributed by atoms with Gasteiger partial charge in [0, 0.05) is 19.3 Å². The largest absolute Gasteiger partial charge is 0.495 e. The van der Waals surface area contributed by atoms with E-state index in [1.165, 1.54) is 0 Å². The van der Waals surface area contributed by atoms with Crippen molar-refractivity contribution in [3.63, 3.8) is 0 Å². The number of likely N-dealkylation sites (tertiary alicyclic amines) is 1. The first-order valence-electron chi connectivity index (χ1n) is 9.02. The molecular weight excluding hydrogens is 328 g/mol. The van der Waals surface area contributed by atoms with Gasteiger partial charge in [-0.15, -0.1) is 0 Å². The lowest BCUT2D eigenvalue weighted by Gasteiger charge is -2.32. The van der Waals surface area contributed by atoms with E-state index in [9.17, 15) is 4.79 Å². The normalized spacial score (nSPS) is 14.9. The zero-order valence-corrected chi connectivity index (χ0v) is 15.4. The van der Waals surface area contributed by atoms with Crippen molar-refractivity contribution in [2.45, 2.75) is 12.8 Å². The monoisotopic (exact) mass is 354 g/mol. The van der Waals surface area contributed by atoms with Crippen LogP contribution in [0.15, 0.2) is 42.6 Å². The lowest BCUT2D eigenvalue weighted by atomic mass is 9.96. The number of carbonyl (C=O) groups excluding carboxylic acids is 1. The molecule has 1 saturated heterocycles. The number of hydrogen-bond donors (Lipinski definition) is 2. The zero-order valence-electron chi connectivity index (χ0n) is 15.4. The fourth-order valence-electron chi connectivity index (χ4n) is 3.35. The molecule has 2 aromatic rings. The van der Waals surface area contributed by atoms with Crippen LogP contribution in [0.4, 0.5) is 11.5 Å². The Bertz CT molecular complexity index is 742. The molecule has 1 fully saturated rings. The highest BCUT2D eigenvalue weighted by Crippen LogP contribution is 2.28. The van der Waals surface area contributed by atoms with Gasteiger partial charge in [-0.05, 0) is 56.6 Å². The van der Waals surface area contributed by atoms with E-state index in [-0.39, 0.29) is 5.91 Å². The molecule has 0 saturated carbocycles. The summed E-state index contributed by atoms with van der Waals surface area (Å²) in [7, 11) is 3.60. The van der Waals surface area contributed by atoms with E-state index in [4.69, 9.17) is 4.74 Å². The van der Waals surface area contributed by atoms with Crippen LogP contribution in [-0.4, -0.2) is 49.6 Å². The van der Waals surface area contributed by atoms with Gasteiger partial charge in [-0.2, -0.15) is 0 Å². The van der Waals surface area contributed by atoms with Gasteiger partial charge in [-0.1, -0.05) is 12.1 Å². The fourth-order valence-corrected chi connectivity index (χ4v) is 3.35. The number of aromatic nitrogens is 1. The maximum atomic E-state index is 13.0. The molecule has 3 rings (SSSR count). The smallest absolute Gasteiger partial charge is 0.257 e. The average molecular weight is 354 g/mol. The molecule has 0 spiro atoms. The fraction of sp³-hybridized carbons (Fsp3) is 0.400. The number of para-hydroxylation sites is 2. The molecule has 0 aliphatic carbocycles. The van der Waals surface area contributed by atoms with E-state index in [1.807, 2.05) is 42.3 Å². The van der Waals surface area contributed by atoms with Gasteiger partial charge >= 0.3 is 0 Å². The zero-order chi connectivity index (χ0) is 18.4. The quantitative estimate of drug-likeness (QED) is 0.835. The third-order valence-electron chi connectivity index (χ3n) is 4.79. The molecule has 1 aliphatic rings. The number of rotatable bonds is 6.